The smallest absolute Gasteiger partial charge is 0.224 e. The average Bonchev–Trinajstić information content (AvgIpc) is 2.75. The fourth-order valence-corrected chi connectivity index (χ4v) is 1.47. The molecule has 7 heteroatoms. The molecule has 7 nitrogen and oxygen atoms in total. The second-order valence-corrected chi connectivity index (χ2v) is 4.12. The largest absolute Gasteiger partial charge is 0.396 e. The van der Waals surface area contributed by atoms with Crippen LogP contribution in [0.15, 0.2) is 6.33 Å². The Kier molecular flexibility index (Phi) is 3.10. The predicted molar refractivity (Wildman–Crippen MR) is 65.4 cm³/mol. The van der Waals surface area contributed by atoms with Crippen LogP contribution in [0.3, 0.4) is 0 Å². The maximum absolute atomic E-state index is 9.09. The number of H-pyrrole nitrogens is 1. The number of aliphatic hydroxyl groups is 1. The van der Waals surface area contributed by atoms with Gasteiger partial charge in [-0.1, -0.05) is 6.92 Å². The van der Waals surface area contributed by atoms with Crippen molar-refractivity contribution in [2.24, 2.45) is 5.92 Å². The summed E-state index contributed by atoms with van der Waals surface area (Å²) >= 11 is 0. The Hall–Kier alpha value is -1.89. The lowest BCUT2D eigenvalue weighted by Crippen LogP contribution is -2.27. The summed E-state index contributed by atoms with van der Waals surface area (Å²) in [4.78, 5) is 15.1. The molecule has 0 aliphatic rings. The Bertz CT molecular complexity index is 510. The quantitative estimate of drug-likeness (QED) is 0.610. The van der Waals surface area contributed by atoms with Crippen molar-refractivity contribution < 1.29 is 5.11 Å². The second kappa shape index (κ2) is 4.54. The molecule has 2 atom stereocenters. The number of nitrogens with zero attached hydrogens (tertiary/aromatic N) is 3. The van der Waals surface area contributed by atoms with Crippen molar-refractivity contribution in [3.05, 3.63) is 6.33 Å². The number of imidazole rings is 1. The molecule has 0 bridgehead atoms. The first kappa shape index (κ1) is 11.6. The molecule has 2 aromatic rings. The fraction of sp³-hybridized carbons (Fsp3) is 0.500. The number of nitrogens with two attached hydrogens (primary N) is 1. The van der Waals surface area contributed by atoms with E-state index in [0.717, 1.165) is 5.52 Å². The van der Waals surface area contributed by atoms with E-state index in [9.17, 15) is 0 Å². The molecule has 0 aliphatic heterocycles. The van der Waals surface area contributed by atoms with Gasteiger partial charge in [-0.25, -0.2) is 4.98 Å². The minimum atomic E-state index is 0.0702. The van der Waals surface area contributed by atoms with Crippen LogP contribution >= 0.6 is 0 Å². The van der Waals surface area contributed by atoms with E-state index >= 15 is 0 Å². The highest BCUT2D eigenvalue weighted by atomic mass is 16.3. The molecule has 2 rings (SSSR count). The average molecular weight is 236 g/mol. The first-order chi connectivity index (χ1) is 8.11. The fourth-order valence-electron chi connectivity index (χ4n) is 1.47. The van der Waals surface area contributed by atoms with Crippen LogP contribution < -0.4 is 11.1 Å². The van der Waals surface area contributed by atoms with Crippen molar-refractivity contribution in [1.82, 2.24) is 19.9 Å². The summed E-state index contributed by atoms with van der Waals surface area (Å²) in [6, 6.07) is 0.0702. The van der Waals surface area contributed by atoms with Crippen LogP contribution in [0, 0.1) is 5.92 Å². The van der Waals surface area contributed by atoms with Crippen molar-refractivity contribution in [3.63, 3.8) is 0 Å². The summed E-state index contributed by atoms with van der Waals surface area (Å²) in [6.07, 6.45) is 1.55. The minimum Gasteiger partial charge on any atom is -0.396 e. The molecule has 5 N–H and O–H groups in total. The molecule has 2 unspecified atom stereocenters. The van der Waals surface area contributed by atoms with Crippen molar-refractivity contribution in [2.45, 2.75) is 19.9 Å². The van der Waals surface area contributed by atoms with Crippen LogP contribution in [0.4, 0.5) is 11.8 Å². The summed E-state index contributed by atoms with van der Waals surface area (Å²) in [5.74, 6) is 0.901. The van der Waals surface area contributed by atoms with Gasteiger partial charge in [0.25, 0.3) is 0 Å². The van der Waals surface area contributed by atoms with Gasteiger partial charge in [0.15, 0.2) is 11.5 Å². The van der Waals surface area contributed by atoms with Crippen molar-refractivity contribution in [2.75, 3.05) is 17.7 Å². The molecule has 0 aliphatic carbocycles. The molecule has 0 saturated heterocycles. The van der Waals surface area contributed by atoms with Gasteiger partial charge in [0.05, 0.1) is 6.33 Å². The third-order valence-corrected chi connectivity index (χ3v) is 2.81. The number of aliphatic hydroxyl groups excluding tert-OH is 1. The molecule has 0 fully saturated rings. The lowest BCUT2D eigenvalue weighted by molar-refractivity contribution is 0.226. The third kappa shape index (κ3) is 2.28. The number of rotatable bonds is 4. The SMILES string of the molecule is CC(CO)C(C)Nc1nc(N)nc2nc[nH]c12. The molecule has 2 aromatic heterocycles. The molecule has 0 saturated carbocycles. The van der Waals surface area contributed by atoms with E-state index in [1.807, 2.05) is 13.8 Å². The highest BCUT2D eigenvalue weighted by molar-refractivity contribution is 5.83. The Labute approximate surface area is 98.5 Å². The van der Waals surface area contributed by atoms with Crippen LogP contribution in [0.5, 0.6) is 0 Å². The van der Waals surface area contributed by atoms with Gasteiger partial charge in [-0.05, 0) is 12.8 Å². The van der Waals surface area contributed by atoms with E-state index in [2.05, 4.69) is 25.3 Å². The summed E-state index contributed by atoms with van der Waals surface area (Å²) in [5.41, 5.74) is 6.85. The molecule has 0 radical (unpaired) electrons. The number of hydrogen-bond acceptors (Lipinski definition) is 6. The van der Waals surface area contributed by atoms with Gasteiger partial charge in [0, 0.05) is 12.6 Å². The highest BCUT2D eigenvalue weighted by Gasteiger charge is 2.15. The Morgan fingerprint density at radius 3 is 2.94 bits per heavy atom. The zero-order valence-electron chi connectivity index (χ0n) is 9.81. The van der Waals surface area contributed by atoms with Gasteiger partial charge >= 0.3 is 0 Å². The minimum absolute atomic E-state index is 0.0702. The standard InChI is InChI=1S/C10H16N6O/c1-5(3-17)6(2)14-9-7-8(13-4-12-7)15-10(11)16-9/h4-6,17H,3H2,1-2H3,(H4,11,12,13,14,15,16). The van der Waals surface area contributed by atoms with Crippen molar-refractivity contribution in [3.8, 4) is 0 Å². The molecular formula is C10H16N6O. The normalized spacial score (nSPS) is 14.8. The number of nitrogens with one attached hydrogen (secondary N) is 2. The van der Waals surface area contributed by atoms with Crippen LogP contribution in [-0.4, -0.2) is 37.7 Å². The van der Waals surface area contributed by atoms with Crippen LogP contribution in [0.2, 0.25) is 0 Å². The third-order valence-electron chi connectivity index (χ3n) is 2.81. The van der Waals surface area contributed by atoms with E-state index in [1.165, 1.54) is 0 Å². The monoisotopic (exact) mass is 236 g/mol. The van der Waals surface area contributed by atoms with Crippen molar-refractivity contribution in [1.29, 1.82) is 0 Å². The van der Waals surface area contributed by atoms with Crippen LogP contribution in [0.25, 0.3) is 11.2 Å². The molecule has 2 heterocycles. The van der Waals surface area contributed by atoms with Gasteiger partial charge in [-0.3, -0.25) is 0 Å². The number of aromatic nitrogens is 4. The van der Waals surface area contributed by atoms with Gasteiger partial charge in [-0.2, -0.15) is 9.97 Å². The van der Waals surface area contributed by atoms with E-state index in [4.69, 9.17) is 10.8 Å². The van der Waals surface area contributed by atoms with E-state index < -0.39 is 0 Å². The zero-order chi connectivity index (χ0) is 12.4. The van der Waals surface area contributed by atoms with Gasteiger partial charge in [0.1, 0.15) is 5.52 Å². The van der Waals surface area contributed by atoms with E-state index in [1.54, 1.807) is 6.33 Å². The number of nitrogen functional groups attached to an aromatic ring is 1. The zero-order valence-corrected chi connectivity index (χ0v) is 9.81. The summed E-state index contributed by atoms with van der Waals surface area (Å²) in [5, 5.41) is 12.3. The molecular weight excluding hydrogens is 220 g/mol. The number of hydrogen-bond donors (Lipinski definition) is 4. The number of fused-ring (bicyclic) bond motifs is 1. The Balaban J connectivity index is 2.31. The molecule has 92 valence electrons. The van der Waals surface area contributed by atoms with Gasteiger partial charge in [0.2, 0.25) is 5.95 Å². The lowest BCUT2D eigenvalue weighted by atomic mass is 10.1. The summed E-state index contributed by atoms with van der Waals surface area (Å²) < 4.78 is 0. The molecule has 0 amide bonds. The van der Waals surface area contributed by atoms with Crippen LogP contribution in [0.1, 0.15) is 13.8 Å². The van der Waals surface area contributed by atoms with Gasteiger partial charge < -0.3 is 21.1 Å². The van der Waals surface area contributed by atoms with Crippen LogP contribution in [-0.2, 0) is 0 Å². The maximum atomic E-state index is 9.09. The van der Waals surface area contributed by atoms with Crippen molar-refractivity contribution >= 4 is 22.9 Å². The Morgan fingerprint density at radius 2 is 2.24 bits per heavy atom. The topological polar surface area (TPSA) is 113 Å². The van der Waals surface area contributed by atoms with E-state index in [-0.39, 0.29) is 24.5 Å². The van der Waals surface area contributed by atoms with E-state index in [0.29, 0.717) is 11.5 Å². The Morgan fingerprint density at radius 1 is 1.47 bits per heavy atom. The summed E-state index contributed by atoms with van der Waals surface area (Å²) in [6.45, 7) is 4.04. The lowest BCUT2D eigenvalue weighted by Gasteiger charge is -2.19. The molecule has 17 heavy (non-hydrogen) atoms. The highest BCUT2D eigenvalue weighted by Crippen LogP contribution is 2.19. The molecule has 0 spiro atoms. The number of aromatic amines is 1. The first-order valence-electron chi connectivity index (χ1n) is 5.45. The number of anilines is 2. The summed E-state index contributed by atoms with van der Waals surface area (Å²) in [7, 11) is 0. The molecule has 0 aromatic carbocycles. The first-order valence-corrected chi connectivity index (χ1v) is 5.45. The predicted octanol–water partition coefficient (Wildman–Crippen LogP) is 0.364. The van der Waals surface area contributed by atoms with Gasteiger partial charge in [-0.15, -0.1) is 0 Å². The second-order valence-electron chi connectivity index (χ2n) is 4.12. The maximum Gasteiger partial charge on any atom is 0.224 e.